The van der Waals surface area contributed by atoms with Gasteiger partial charge in [-0.25, -0.2) is 4.98 Å². The maximum atomic E-state index is 6.04. The van der Waals surface area contributed by atoms with Gasteiger partial charge in [0.05, 0.1) is 9.88 Å². The topological polar surface area (TPSA) is 34.1 Å². The number of ether oxygens (including phenoxy) is 1. The van der Waals surface area contributed by atoms with Crippen molar-refractivity contribution in [3.63, 3.8) is 0 Å². The van der Waals surface area contributed by atoms with Crippen LogP contribution in [0.3, 0.4) is 0 Å². The molecule has 0 spiro atoms. The predicted octanol–water partition coefficient (Wildman–Crippen LogP) is 4.02. The molecule has 3 nitrogen and oxygen atoms in total. The molecule has 0 amide bonds. The fraction of sp³-hybridized carbons (Fsp3) is 0.471. The van der Waals surface area contributed by atoms with E-state index in [0.29, 0.717) is 12.6 Å². The minimum Gasteiger partial charge on any atom is -0.488 e. The Bertz CT molecular complexity index is 609. The van der Waals surface area contributed by atoms with E-state index in [-0.39, 0.29) is 0 Å². The number of nitrogens with zero attached hydrogens (tertiary/aromatic N) is 1. The highest BCUT2D eigenvalue weighted by molar-refractivity contribution is 7.11. The molecule has 2 aromatic rings. The van der Waals surface area contributed by atoms with E-state index >= 15 is 0 Å². The smallest absolute Gasteiger partial charge is 0.124 e. The second kappa shape index (κ2) is 6.58. The summed E-state index contributed by atoms with van der Waals surface area (Å²) in [7, 11) is 0. The molecular formula is C17H22N2OS. The van der Waals surface area contributed by atoms with Gasteiger partial charge in [-0.1, -0.05) is 19.1 Å². The average Bonchev–Trinajstić information content (AvgIpc) is 3.09. The molecule has 0 bridgehead atoms. The number of benzene rings is 1. The zero-order chi connectivity index (χ0) is 14.7. The van der Waals surface area contributed by atoms with Crippen molar-refractivity contribution >= 4 is 11.3 Å². The Balaban J connectivity index is 1.71. The van der Waals surface area contributed by atoms with Gasteiger partial charge in [0.25, 0.3) is 0 Å². The summed E-state index contributed by atoms with van der Waals surface area (Å²) >= 11 is 1.70. The zero-order valence-electron chi connectivity index (χ0n) is 12.7. The molecule has 1 aliphatic carbocycles. The number of aromatic nitrogens is 1. The van der Waals surface area contributed by atoms with Gasteiger partial charge in [0.1, 0.15) is 12.4 Å². The van der Waals surface area contributed by atoms with Crippen LogP contribution in [-0.4, -0.2) is 11.5 Å². The van der Waals surface area contributed by atoms with Crippen molar-refractivity contribution in [2.75, 3.05) is 6.54 Å². The number of rotatable bonds is 6. The van der Waals surface area contributed by atoms with Gasteiger partial charge in [0.15, 0.2) is 0 Å². The number of nitrogens with one attached hydrogen (secondary N) is 1. The minimum atomic E-state index is 0.495. The van der Waals surface area contributed by atoms with E-state index in [4.69, 9.17) is 4.74 Å². The van der Waals surface area contributed by atoms with Gasteiger partial charge in [-0.05, 0) is 49.9 Å². The average molecular weight is 302 g/mol. The summed E-state index contributed by atoms with van der Waals surface area (Å²) in [4.78, 5) is 5.46. The molecule has 0 saturated carbocycles. The van der Waals surface area contributed by atoms with Crippen molar-refractivity contribution in [1.82, 2.24) is 10.3 Å². The Labute approximate surface area is 130 Å². The molecule has 21 heavy (non-hydrogen) atoms. The van der Waals surface area contributed by atoms with Crippen LogP contribution in [0.4, 0.5) is 0 Å². The van der Waals surface area contributed by atoms with Crippen LogP contribution in [0.15, 0.2) is 24.4 Å². The van der Waals surface area contributed by atoms with Crippen molar-refractivity contribution in [1.29, 1.82) is 0 Å². The van der Waals surface area contributed by atoms with Crippen LogP contribution in [0.1, 0.15) is 46.8 Å². The highest BCUT2D eigenvalue weighted by atomic mass is 32.1. The number of thiazole rings is 1. The summed E-state index contributed by atoms with van der Waals surface area (Å²) in [6, 6.07) is 6.93. The van der Waals surface area contributed by atoms with Crippen LogP contribution in [0.5, 0.6) is 5.75 Å². The van der Waals surface area contributed by atoms with Crippen molar-refractivity contribution in [3.05, 3.63) is 45.4 Å². The Hall–Kier alpha value is -1.39. The molecule has 0 aliphatic heterocycles. The Morgan fingerprint density at radius 2 is 2.33 bits per heavy atom. The van der Waals surface area contributed by atoms with E-state index in [9.17, 15) is 0 Å². The molecule has 1 aromatic heterocycles. The van der Waals surface area contributed by atoms with Crippen LogP contribution >= 0.6 is 11.3 Å². The lowest BCUT2D eigenvalue weighted by Gasteiger charge is -2.14. The quantitative estimate of drug-likeness (QED) is 0.875. The van der Waals surface area contributed by atoms with Crippen LogP contribution < -0.4 is 10.1 Å². The predicted molar refractivity (Wildman–Crippen MR) is 87.0 cm³/mol. The fourth-order valence-electron chi connectivity index (χ4n) is 2.91. The van der Waals surface area contributed by atoms with Gasteiger partial charge in [-0.2, -0.15) is 0 Å². The highest BCUT2D eigenvalue weighted by Gasteiger charge is 2.24. The van der Waals surface area contributed by atoms with Crippen molar-refractivity contribution < 1.29 is 4.74 Å². The largest absolute Gasteiger partial charge is 0.488 e. The third-order valence-electron chi connectivity index (χ3n) is 3.91. The van der Waals surface area contributed by atoms with Crippen LogP contribution in [0.25, 0.3) is 0 Å². The number of fused-ring (bicyclic) bond motifs is 1. The lowest BCUT2D eigenvalue weighted by molar-refractivity contribution is 0.306. The molecule has 1 heterocycles. The Morgan fingerprint density at radius 1 is 1.43 bits per heavy atom. The first-order chi connectivity index (χ1) is 10.3. The van der Waals surface area contributed by atoms with Crippen molar-refractivity contribution in [2.24, 2.45) is 0 Å². The summed E-state index contributed by atoms with van der Waals surface area (Å²) < 4.78 is 6.04. The molecule has 112 valence electrons. The maximum Gasteiger partial charge on any atom is 0.124 e. The summed E-state index contributed by atoms with van der Waals surface area (Å²) in [5, 5.41) is 4.72. The van der Waals surface area contributed by atoms with E-state index in [1.165, 1.54) is 28.8 Å². The monoisotopic (exact) mass is 302 g/mol. The van der Waals surface area contributed by atoms with Gasteiger partial charge >= 0.3 is 0 Å². The van der Waals surface area contributed by atoms with Gasteiger partial charge in [-0.15, -0.1) is 11.3 Å². The zero-order valence-corrected chi connectivity index (χ0v) is 13.5. The number of hydrogen-bond acceptors (Lipinski definition) is 4. The summed E-state index contributed by atoms with van der Waals surface area (Å²) in [6.07, 6.45) is 5.37. The van der Waals surface area contributed by atoms with E-state index in [0.717, 1.165) is 23.7 Å². The molecule has 3 rings (SSSR count). The van der Waals surface area contributed by atoms with E-state index in [1.807, 2.05) is 13.1 Å². The lowest BCUT2D eigenvalue weighted by atomic mass is 10.1. The van der Waals surface area contributed by atoms with Crippen molar-refractivity contribution in [3.8, 4) is 5.75 Å². The SMILES string of the molecule is CCCNC1CCc2c(OCc3cnc(C)s3)cccc21. The third kappa shape index (κ3) is 3.27. The minimum absolute atomic E-state index is 0.495. The first-order valence-electron chi connectivity index (χ1n) is 7.67. The normalized spacial score (nSPS) is 17.0. The summed E-state index contributed by atoms with van der Waals surface area (Å²) in [5.41, 5.74) is 2.80. The third-order valence-corrected chi connectivity index (χ3v) is 4.79. The van der Waals surface area contributed by atoms with Gasteiger partial charge < -0.3 is 10.1 Å². The van der Waals surface area contributed by atoms with E-state index in [1.54, 1.807) is 11.3 Å². The van der Waals surface area contributed by atoms with E-state index in [2.05, 4.69) is 35.4 Å². The molecule has 1 N–H and O–H groups in total. The van der Waals surface area contributed by atoms with Gasteiger partial charge in [-0.3, -0.25) is 0 Å². The molecule has 1 unspecified atom stereocenters. The molecule has 0 saturated heterocycles. The van der Waals surface area contributed by atoms with Crippen LogP contribution in [0, 0.1) is 6.92 Å². The maximum absolute atomic E-state index is 6.04. The first-order valence-corrected chi connectivity index (χ1v) is 8.49. The fourth-order valence-corrected chi connectivity index (χ4v) is 3.62. The number of aryl methyl sites for hydroxylation is 1. The van der Waals surface area contributed by atoms with Gasteiger partial charge in [0.2, 0.25) is 0 Å². The summed E-state index contributed by atoms with van der Waals surface area (Å²) in [6.45, 7) is 5.93. The molecule has 1 aromatic carbocycles. The van der Waals surface area contributed by atoms with Crippen molar-refractivity contribution in [2.45, 2.75) is 45.8 Å². The Kier molecular flexibility index (Phi) is 4.56. The number of hydrogen-bond donors (Lipinski definition) is 1. The molecule has 1 aliphatic rings. The molecule has 0 radical (unpaired) electrons. The summed E-state index contributed by atoms with van der Waals surface area (Å²) in [5.74, 6) is 1.04. The van der Waals surface area contributed by atoms with Crippen LogP contribution in [-0.2, 0) is 13.0 Å². The highest BCUT2D eigenvalue weighted by Crippen LogP contribution is 2.37. The van der Waals surface area contributed by atoms with Crippen LogP contribution in [0.2, 0.25) is 0 Å². The second-order valence-electron chi connectivity index (χ2n) is 5.50. The first kappa shape index (κ1) is 14.5. The molecule has 0 fully saturated rings. The molecular weight excluding hydrogens is 280 g/mol. The second-order valence-corrected chi connectivity index (χ2v) is 6.82. The standard InChI is InChI=1S/C17H22N2OS/c1-3-9-18-16-8-7-15-14(16)5-4-6-17(15)20-11-13-10-19-12(2)21-13/h4-6,10,16,18H,3,7-9,11H2,1-2H3. The van der Waals surface area contributed by atoms with Gasteiger partial charge in [0, 0.05) is 12.2 Å². The molecule has 4 heteroatoms. The van der Waals surface area contributed by atoms with E-state index < -0.39 is 0 Å². The molecule has 1 atom stereocenters. The lowest BCUT2D eigenvalue weighted by Crippen LogP contribution is -2.19. The Morgan fingerprint density at radius 3 is 3.10 bits per heavy atom.